The number of carbonyl (C=O) groups excluding carboxylic acids is 1. The van der Waals surface area contributed by atoms with Gasteiger partial charge in [0.1, 0.15) is 5.60 Å². The van der Waals surface area contributed by atoms with Crippen LogP contribution < -0.4 is 5.73 Å². The summed E-state index contributed by atoms with van der Waals surface area (Å²) >= 11 is 0. The molecule has 1 atom stereocenters. The van der Waals surface area contributed by atoms with E-state index >= 15 is 0 Å². The molecule has 1 amide bonds. The van der Waals surface area contributed by atoms with Crippen LogP contribution in [0.1, 0.15) is 27.7 Å². The summed E-state index contributed by atoms with van der Waals surface area (Å²) in [6.07, 6.45) is 0. The van der Waals surface area contributed by atoms with Crippen LogP contribution in [0.2, 0.25) is 0 Å². The van der Waals surface area contributed by atoms with Crippen molar-refractivity contribution in [1.29, 1.82) is 0 Å². The Morgan fingerprint density at radius 2 is 2.07 bits per heavy atom. The first kappa shape index (κ1) is 14.4. The Balaban J connectivity index is 4.47. The van der Waals surface area contributed by atoms with Crippen LogP contribution in [-0.2, 0) is 9.53 Å². The largest absolute Gasteiger partial charge is 0.369 e. The molecule has 0 bridgehead atoms. The number of hydrogen-bond acceptors (Lipinski definition) is 3. The van der Waals surface area contributed by atoms with Crippen LogP contribution in [0, 0.1) is 5.92 Å². The lowest BCUT2D eigenvalue weighted by Gasteiger charge is -2.31. The van der Waals surface area contributed by atoms with Crippen molar-refractivity contribution in [3.63, 3.8) is 0 Å². The van der Waals surface area contributed by atoms with Gasteiger partial charge in [0.05, 0.1) is 0 Å². The van der Waals surface area contributed by atoms with Crippen LogP contribution in [0.5, 0.6) is 0 Å². The summed E-state index contributed by atoms with van der Waals surface area (Å²) in [4.78, 5) is 13.8. The number of ether oxygens (including phenoxy) is 1. The van der Waals surface area contributed by atoms with Gasteiger partial charge in [0.15, 0.2) is 0 Å². The van der Waals surface area contributed by atoms with E-state index in [1.807, 2.05) is 13.8 Å². The van der Waals surface area contributed by atoms with Crippen molar-refractivity contribution in [3.8, 4) is 0 Å². The maximum absolute atomic E-state index is 12.0. The van der Waals surface area contributed by atoms with Crippen LogP contribution in [0.3, 0.4) is 0 Å². The van der Waals surface area contributed by atoms with Gasteiger partial charge >= 0.3 is 0 Å². The fraction of sp³-hybridized carbons (Fsp3) is 0.909. The van der Waals surface area contributed by atoms with E-state index in [1.165, 1.54) is 0 Å². The molecule has 0 aromatic heterocycles. The van der Waals surface area contributed by atoms with Crippen LogP contribution >= 0.6 is 0 Å². The molecule has 0 aliphatic carbocycles. The lowest BCUT2D eigenvalue weighted by molar-refractivity contribution is -0.151. The van der Waals surface area contributed by atoms with Crippen LogP contribution in [0.15, 0.2) is 0 Å². The molecule has 0 radical (unpaired) electrons. The minimum atomic E-state index is -0.746. The van der Waals surface area contributed by atoms with Crippen molar-refractivity contribution in [2.45, 2.75) is 33.3 Å². The lowest BCUT2D eigenvalue weighted by atomic mass is 10.1. The van der Waals surface area contributed by atoms with Gasteiger partial charge in [-0.25, -0.2) is 0 Å². The maximum atomic E-state index is 12.0. The molecule has 0 heterocycles. The third-order valence-electron chi connectivity index (χ3n) is 2.63. The molecule has 0 fully saturated rings. The molecular weight excluding hydrogens is 192 g/mol. The Morgan fingerprint density at radius 3 is 2.40 bits per heavy atom. The molecule has 0 spiro atoms. The number of rotatable bonds is 6. The molecule has 15 heavy (non-hydrogen) atoms. The number of methoxy groups -OCH3 is 1. The maximum Gasteiger partial charge on any atom is 0.254 e. The highest BCUT2D eigenvalue weighted by molar-refractivity contribution is 5.84. The van der Waals surface area contributed by atoms with Gasteiger partial charge in [-0.3, -0.25) is 4.79 Å². The van der Waals surface area contributed by atoms with E-state index in [-0.39, 0.29) is 5.91 Å². The molecule has 0 rings (SSSR count). The Hall–Kier alpha value is -0.610. The standard InChI is InChI=1S/C11H24N2O2/c1-6-13(8-9(2)7-12)10(14)11(3,4)15-5/h9H,6-8,12H2,1-5H3. The van der Waals surface area contributed by atoms with Gasteiger partial charge in [-0.05, 0) is 33.2 Å². The van der Waals surface area contributed by atoms with Gasteiger partial charge < -0.3 is 15.4 Å². The molecule has 0 aliphatic heterocycles. The monoisotopic (exact) mass is 216 g/mol. The highest BCUT2D eigenvalue weighted by Crippen LogP contribution is 2.13. The summed E-state index contributed by atoms with van der Waals surface area (Å²) in [6.45, 7) is 9.55. The average molecular weight is 216 g/mol. The topological polar surface area (TPSA) is 55.6 Å². The van der Waals surface area contributed by atoms with Crippen LogP contribution in [0.25, 0.3) is 0 Å². The number of carbonyl (C=O) groups is 1. The Labute approximate surface area is 92.8 Å². The van der Waals surface area contributed by atoms with E-state index in [9.17, 15) is 4.79 Å². The Kier molecular flexibility index (Phi) is 5.83. The van der Waals surface area contributed by atoms with Gasteiger partial charge in [0.25, 0.3) is 5.91 Å². The van der Waals surface area contributed by atoms with Gasteiger partial charge in [0.2, 0.25) is 0 Å². The number of hydrogen-bond donors (Lipinski definition) is 1. The van der Waals surface area contributed by atoms with E-state index < -0.39 is 5.60 Å². The highest BCUT2D eigenvalue weighted by Gasteiger charge is 2.31. The summed E-state index contributed by atoms with van der Waals surface area (Å²) in [7, 11) is 1.55. The van der Waals surface area contributed by atoms with Crippen molar-refractivity contribution in [3.05, 3.63) is 0 Å². The second-order valence-corrected chi connectivity index (χ2v) is 4.40. The second-order valence-electron chi connectivity index (χ2n) is 4.40. The first-order valence-corrected chi connectivity index (χ1v) is 5.43. The van der Waals surface area contributed by atoms with E-state index in [2.05, 4.69) is 0 Å². The predicted molar refractivity (Wildman–Crippen MR) is 61.6 cm³/mol. The molecular formula is C11H24N2O2. The minimum absolute atomic E-state index is 0.0211. The zero-order chi connectivity index (χ0) is 12.1. The number of nitrogens with two attached hydrogens (primary N) is 1. The number of nitrogens with zero attached hydrogens (tertiary/aromatic N) is 1. The second kappa shape index (κ2) is 6.08. The third-order valence-corrected chi connectivity index (χ3v) is 2.63. The minimum Gasteiger partial charge on any atom is -0.369 e. The Bertz CT molecular complexity index is 205. The van der Waals surface area contributed by atoms with Crippen molar-refractivity contribution in [2.24, 2.45) is 11.7 Å². The average Bonchev–Trinajstić information content (AvgIpc) is 2.24. The third kappa shape index (κ3) is 4.18. The summed E-state index contributed by atoms with van der Waals surface area (Å²) in [5, 5.41) is 0. The Morgan fingerprint density at radius 1 is 1.53 bits per heavy atom. The molecule has 4 heteroatoms. The fourth-order valence-corrected chi connectivity index (χ4v) is 1.27. The molecule has 0 aliphatic rings. The van der Waals surface area contributed by atoms with E-state index in [0.717, 1.165) is 0 Å². The molecule has 0 aromatic rings. The molecule has 1 unspecified atom stereocenters. The van der Waals surface area contributed by atoms with E-state index in [4.69, 9.17) is 10.5 Å². The summed E-state index contributed by atoms with van der Waals surface area (Å²) < 4.78 is 5.18. The fourth-order valence-electron chi connectivity index (χ4n) is 1.27. The van der Waals surface area contributed by atoms with Gasteiger partial charge in [0, 0.05) is 20.2 Å². The first-order valence-electron chi connectivity index (χ1n) is 5.43. The number of likely N-dealkylation sites (N-methyl/N-ethyl adjacent to an activating group) is 1. The van der Waals surface area contributed by atoms with Crippen LogP contribution in [0.4, 0.5) is 0 Å². The first-order chi connectivity index (χ1) is 6.88. The smallest absolute Gasteiger partial charge is 0.254 e. The zero-order valence-corrected chi connectivity index (χ0v) is 10.5. The summed E-state index contributed by atoms with van der Waals surface area (Å²) in [5.41, 5.74) is 4.80. The van der Waals surface area contributed by atoms with Gasteiger partial charge in [-0.15, -0.1) is 0 Å². The lowest BCUT2D eigenvalue weighted by Crippen LogP contribution is -2.48. The van der Waals surface area contributed by atoms with Crippen molar-refractivity contribution in [1.82, 2.24) is 4.90 Å². The normalized spacial score (nSPS) is 13.7. The molecule has 0 aromatic carbocycles. The van der Waals surface area contributed by atoms with E-state index in [0.29, 0.717) is 25.6 Å². The SMILES string of the molecule is CCN(CC(C)CN)C(=O)C(C)(C)OC. The quantitative estimate of drug-likeness (QED) is 0.716. The number of amides is 1. The summed E-state index contributed by atoms with van der Waals surface area (Å²) in [6, 6.07) is 0. The summed E-state index contributed by atoms with van der Waals surface area (Å²) in [5.74, 6) is 0.342. The molecule has 2 N–H and O–H groups in total. The molecule has 0 saturated heterocycles. The molecule has 4 nitrogen and oxygen atoms in total. The van der Waals surface area contributed by atoms with Crippen molar-refractivity contribution >= 4 is 5.91 Å². The van der Waals surface area contributed by atoms with Crippen molar-refractivity contribution in [2.75, 3.05) is 26.7 Å². The van der Waals surface area contributed by atoms with Gasteiger partial charge in [-0.2, -0.15) is 0 Å². The molecule has 0 saturated carbocycles. The van der Waals surface area contributed by atoms with E-state index in [1.54, 1.807) is 25.9 Å². The highest BCUT2D eigenvalue weighted by atomic mass is 16.5. The predicted octanol–water partition coefficient (Wildman–Crippen LogP) is 0.855. The zero-order valence-electron chi connectivity index (χ0n) is 10.5. The molecule has 90 valence electrons. The van der Waals surface area contributed by atoms with Gasteiger partial charge in [-0.1, -0.05) is 6.92 Å². The van der Waals surface area contributed by atoms with Crippen molar-refractivity contribution < 1.29 is 9.53 Å². The van der Waals surface area contributed by atoms with Crippen LogP contribution in [-0.4, -0.2) is 43.2 Å².